The van der Waals surface area contributed by atoms with Crippen LogP contribution >= 0.6 is 0 Å². The van der Waals surface area contributed by atoms with Crippen molar-refractivity contribution in [2.45, 2.75) is 38.3 Å². The Kier molecular flexibility index (Phi) is 7.10. The van der Waals surface area contributed by atoms with Crippen molar-refractivity contribution < 1.29 is 18.0 Å². The molecule has 32 heavy (non-hydrogen) atoms. The van der Waals surface area contributed by atoms with Crippen molar-refractivity contribution in [1.29, 1.82) is 0 Å². The molecule has 2 aliphatic rings. The van der Waals surface area contributed by atoms with E-state index < -0.39 is 25.0 Å². The monoisotopic (exact) mass is 446 g/mol. The highest BCUT2D eigenvalue weighted by molar-refractivity contribution is 5.79. The predicted octanol–water partition coefficient (Wildman–Crippen LogP) is 3.20. The van der Waals surface area contributed by atoms with Crippen LogP contribution < -0.4 is 10.6 Å². The number of hydrogen-bond donors (Lipinski definition) is 2. The highest BCUT2D eigenvalue weighted by Crippen LogP contribution is 2.34. The molecule has 1 unspecified atom stereocenters. The Morgan fingerprint density at radius 2 is 1.91 bits per heavy atom. The van der Waals surface area contributed by atoms with Crippen molar-refractivity contribution in [3.8, 4) is 11.1 Å². The van der Waals surface area contributed by atoms with Crippen LogP contribution in [0.3, 0.4) is 0 Å². The predicted molar refractivity (Wildman–Crippen MR) is 117 cm³/mol. The number of carbonyl (C=O) groups is 1. The minimum Gasteiger partial charge on any atom is -0.345 e. The van der Waals surface area contributed by atoms with Gasteiger partial charge in [0.25, 0.3) is 5.91 Å². The number of alkyl halides is 3. The van der Waals surface area contributed by atoms with E-state index in [1.54, 1.807) is 0 Å². The zero-order valence-electron chi connectivity index (χ0n) is 18.0. The number of benzene rings is 1. The first-order chi connectivity index (χ1) is 15.5. The van der Waals surface area contributed by atoms with Gasteiger partial charge < -0.3 is 10.6 Å². The van der Waals surface area contributed by atoms with Gasteiger partial charge in [-0.1, -0.05) is 30.3 Å². The number of pyridine rings is 1. The lowest BCUT2D eigenvalue weighted by Gasteiger charge is -2.49. The molecule has 0 radical (unpaired) electrons. The van der Waals surface area contributed by atoms with E-state index in [0.717, 1.165) is 55.1 Å². The minimum absolute atomic E-state index is 0.152. The van der Waals surface area contributed by atoms with Gasteiger partial charge in [-0.25, -0.2) is 4.39 Å². The molecule has 3 heterocycles. The Labute approximate surface area is 186 Å². The van der Waals surface area contributed by atoms with Crippen LogP contribution in [0.25, 0.3) is 11.1 Å². The van der Waals surface area contributed by atoms with Gasteiger partial charge in [0.15, 0.2) is 0 Å². The van der Waals surface area contributed by atoms with Crippen molar-refractivity contribution >= 4 is 5.91 Å². The fourth-order valence-electron chi connectivity index (χ4n) is 4.66. The molecule has 0 bridgehead atoms. The Hall–Kier alpha value is -2.45. The molecular weight excluding hydrogens is 417 g/mol. The number of carbonyl (C=O) groups excluding carboxylic acids is 1. The Bertz CT molecular complexity index is 900. The fourth-order valence-corrected chi connectivity index (χ4v) is 4.66. The molecule has 2 aromatic rings. The van der Waals surface area contributed by atoms with Gasteiger partial charge in [0.05, 0.1) is 11.7 Å². The topological polar surface area (TPSA) is 57.3 Å². The standard InChI is InChI=1S/C24H29F3N4O/c25-11-21(30-23(32)22(26)27)10-17-2-4-18(5-3-17)19-6-7-20(29-12-19)13-31-9-1-8-24(16-31)14-28-15-24/h2-7,12,21-22,28H,1,8-11,13-16H2,(H,30,32). The molecule has 2 aliphatic heterocycles. The first kappa shape index (κ1) is 22.7. The average Bonchev–Trinajstić information content (AvgIpc) is 2.78. The van der Waals surface area contributed by atoms with E-state index in [2.05, 4.69) is 27.3 Å². The molecule has 2 saturated heterocycles. The molecule has 172 valence electrons. The third kappa shape index (κ3) is 5.48. The first-order valence-corrected chi connectivity index (χ1v) is 11.1. The van der Waals surface area contributed by atoms with Gasteiger partial charge in [0.1, 0.15) is 6.67 Å². The zero-order chi connectivity index (χ0) is 22.6. The SMILES string of the molecule is O=C(NC(CF)Cc1ccc(-c2ccc(CN3CCCC4(CNC4)C3)nc2)cc1)C(F)F. The Morgan fingerprint density at radius 1 is 1.16 bits per heavy atom. The van der Waals surface area contributed by atoms with E-state index in [9.17, 15) is 18.0 Å². The molecule has 5 nitrogen and oxygen atoms in total. The molecule has 1 spiro atoms. The molecule has 1 aromatic heterocycles. The smallest absolute Gasteiger partial charge is 0.315 e. The number of aromatic nitrogens is 1. The number of rotatable bonds is 8. The molecule has 1 atom stereocenters. The third-order valence-electron chi connectivity index (χ3n) is 6.45. The number of amides is 1. The van der Waals surface area contributed by atoms with Crippen molar-refractivity contribution in [3.63, 3.8) is 0 Å². The van der Waals surface area contributed by atoms with Crippen LogP contribution in [0.5, 0.6) is 0 Å². The molecule has 2 fully saturated rings. The molecule has 1 amide bonds. The number of nitrogens with one attached hydrogen (secondary N) is 2. The van der Waals surface area contributed by atoms with E-state index in [1.807, 2.05) is 35.8 Å². The first-order valence-electron chi connectivity index (χ1n) is 11.1. The highest BCUT2D eigenvalue weighted by Gasteiger charge is 2.40. The molecule has 0 saturated carbocycles. The minimum atomic E-state index is -3.15. The summed E-state index contributed by atoms with van der Waals surface area (Å²) in [5.41, 5.74) is 4.23. The quantitative estimate of drug-likeness (QED) is 0.654. The maximum absolute atomic E-state index is 13.1. The van der Waals surface area contributed by atoms with Crippen molar-refractivity contribution in [3.05, 3.63) is 53.9 Å². The van der Waals surface area contributed by atoms with Crippen LogP contribution in [0.1, 0.15) is 24.1 Å². The summed E-state index contributed by atoms with van der Waals surface area (Å²) < 4.78 is 37.9. The summed E-state index contributed by atoms with van der Waals surface area (Å²) in [7, 11) is 0. The molecule has 0 aliphatic carbocycles. The number of likely N-dealkylation sites (tertiary alicyclic amines) is 1. The van der Waals surface area contributed by atoms with Gasteiger partial charge >= 0.3 is 6.43 Å². The van der Waals surface area contributed by atoms with E-state index in [-0.39, 0.29) is 6.42 Å². The van der Waals surface area contributed by atoms with E-state index >= 15 is 0 Å². The van der Waals surface area contributed by atoms with Crippen LogP contribution in [-0.4, -0.2) is 61.1 Å². The maximum Gasteiger partial charge on any atom is 0.315 e. The Morgan fingerprint density at radius 3 is 2.50 bits per heavy atom. The van der Waals surface area contributed by atoms with Crippen molar-refractivity contribution in [1.82, 2.24) is 20.5 Å². The van der Waals surface area contributed by atoms with Gasteiger partial charge in [-0.15, -0.1) is 0 Å². The van der Waals surface area contributed by atoms with Gasteiger partial charge in [0.2, 0.25) is 0 Å². The van der Waals surface area contributed by atoms with Gasteiger partial charge in [0, 0.05) is 43.4 Å². The van der Waals surface area contributed by atoms with Crippen LogP contribution in [-0.2, 0) is 17.8 Å². The van der Waals surface area contributed by atoms with Gasteiger partial charge in [-0.05, 0) is 43.0 Å². The van der Waals surface area contributed by atoms with Crippen LogP contribution in [0.4, 0.5) is 13.2 Å². The maximum atomic E-state index is 13.1. The van der Waals surface area contributed by atoms with Crippen LogP contribution in [0.2, 0.25) is 0 Å². The largest absolute Gasteiger partial charge is 0.345 e. The Balaban J connectivity index is 1.33. The summed E-state index contributed by atoms with van der Waals surface area (Å²) in [5.74, 6) is -1.44. The van der Waals surface area contributed by atoms with E-state index in [4.69, 9.17) is 0 Å². The zero-order valence-corrected chi connectivity index (χ0v) is 18.0. The van der Waals surface area contributed by atoms with Gasteiger partial charge in [-0.2, -0.15) is 8.78 Å². The van der Waals surface area contributed by atoms with Crippen LogP contribution in [0, 0.1) is 5.41 Å². The second-order valence-electron chi connectivity index (χ2n) is 9.02. The van der Waals surface area contributed by atoms with Gasteiger partial charge in [-0.3, -0.25) is 14.7 Å². The lowest BCUT2D eigenvalue weighted by molar-refractivity contribution is -0.132. The number of piperidine rings is 1. The van der Waals surface area contributed by atoms with E-state index in [1.165, 1.54) is 12.8 Å². The lowest BCUT2D eigenvalue weighted by Crippen LogP contribution is -2.60. The van der Waals surface area contributed by atoms with Crippen molar-refractivity contribution in [2.75, 3.05) is 32.9 Å². The normalized spacial score (nSPS) is 19.0. The van der Waals surface area contributed by atoms with Crippen LogP contribution in [0.15, 0.2) is 42.6 Å². The highest BCUT2D eigenvalue weighted by atomic mass is 19.3. The summed E-state index contributed by atoms with van der Waals surface area (Å²) in [6, 6.07) is 10.6. The fraction of sp³-hybridized carbons (Fsp3) is 0.500. The second kappa shape index (κ2) is 10.0. The molecule has 4 rings (SSSR count). The molecular formula is C24H29F3N4O. The average molecular weight is 447 g/mol. The summed E-state index contributed by atoms with van der Waals surface area (Å²) in [6.45, 7) is 4.44. The number of nitrogens with zero attached hydrogens (tertiary/aromatic N) is 2. The van der Waals surface area contributed by atoms with E-state index in [0.29, 0.717) is 5.41 Å². The lowest BCUT2D eigenvalue weighted by atomic mass is 9.75. The third-order valence-corrected chi connectivity index (χ3v) is 6.45. The molecule has 8 heteroatoms. The number of hydrogen-bond acceptors (Lipinski definition) is 4. The van der Waals surface area contributed by atoms with Crippen molar-refractivity contribution in [2.24, 2.45) is 5.41 Å². The summed E-state index contributed by atoms with van der Waals surface area (Å²) in [4.78, 5) is 18.2. The molecule has 2 N–H and O–H groups in total. The molecule has 1 aromatic carbocycles. The number of halogens is 3. The summed E-state index contributed by atoms with van der Waals surface area (Å²) in [5, 5.41) is 5.43. The summed E-state index contributed by atoms with van der Waals surface area (Å²) >= 11 is 0. The second-order valence-corrected chi connectivity index (χ2v) is 9.02. The summed E-state index contributed by atoms with van der Waals surface area (Å²) in [6.07, 6.45) is 1.42.